The van der Waals surface area contributed by atoms with Gasteiger partial charge >= 0.3 is 5.97 Å². The van der Waals surface area contributed by atoms with E-state index in [1.165, 1.54) is 19.2 Å². The van der Waals surface area contributed by atoms with Crippen molar-refractivity contribution < 1.29 is 19.0 Å². The van der Waals surface area contributed by atoms with Crippen molar-refractivity contribution in [2.75, 3.05) is 7.11 Å². The number of hydrogen-bond donors (Lipinski definition) is 1. The number of carboxylic acid groups (broad SMARTS) is 1. The van der Waals surface area contributed by atoms with Crippen LogP contribution >= 0.6 is 0 Å². The highest BCUT2D eigenvalue weighted by atomic mass is 19.1. The van der Waals surface area contributed by atoms with Crippen LogP contribution in [0.25, 0.3) is 0 Å². The molecular weight excluding hydrogens is 223 g/mol. The normalized spacial score (nSPS) is 23.2. The molecule has 1 aromatic rings. The van der Waals surface area contributed by atoms with Crippen molar-refractivity contribution >= 4 is 5.97 Å². The first-order chi connectivity index (χ1) is 8.04. The van der Waals surface area contributed by atoms with Crippen molar-refractivity contribution in [3.63, 3.8) is 0 Å². The molecular formula is C13H15FO3. The van der Waals surface area contributed by atoms with Gasteiger partial charge in [-0.15, -0.1) is 0 Å². The molecule has 0 fully saturated rings. The van der Waals surface area contributed by atoms with Crippen LogP contribution in [0.3, 0.4) is 0 Å². The number of aryl methyl sites for hydroxylation is 1. The maximum atomic E-state index is 13.2. The van der Waals surface area contributed by atoms with Crippen LogP contribution < -0.4 is 0 Å². The molecule has 0 heterocycles. The van der Waals surface area contributed by atoms with Gasteiger partial charge in [-0.25, -0.2) is 4.39 Å². The van der Waals surface area contributed by atoms with Gasteiger partial charge in [0.2, 0.25) is 0 Å². The van der Waals surface area contributed by atoms with Crippen LogP contribution in [0.15, 0.2) is 18.2 Å². The molecule has 1 atom stereocenters. The third-order valence-electron chi connectivity index (χ3n) is 3.44. The summed E-state index contributed by atoms with van der Waals surface area (Å²) in [6.07, 6.45) is 1.81. The molecule has 3 nitrogen and oxygen atoms in total. The fourth-order valence-corrected chi connectivity index (χ4v) is 2.47. The van der Waals surface area contributed by atoms with Crippen molar-refractivity contribution in [2.45, 2.75) is 31.3 Å². The van der Waals surface area contributed by atoms with Crippen molar-refractivity contribution in [1.82, 2.24) is 0 Å². The Bertz CT molecular complexity index is 444. The Morgan fingerprint density at radius 2 is 2.29 bits per heavy atom. The standard InChI is InChI=1S/C13H15FO3/c1-17-13(8-12(15)16)5-4-9-2-3-11(14)6-10(9)7-13/h2-3,6H,4-5,7-8H2,1H3,(H,15,16). The van der Waals surface area contributed by atoms with E-state index in [0.29, 0.717) is 12.8 Å². The van der Waals surface area contributed by atoms with Crippen LogP contribution in [0.5, 0.6) is 0 Å². The van der Waals surface area contributed by atoms with E-state index < -0.39 is 11.6 Å². The first-order valence-electron chi connectivity index (χ1n) is 5.59. The van der Waals surface area contributed by atoms with E-state index in [2.05, 4.69) is 0 Å². The van der Waals surface area contributed by atoms with Gasteiger partial charge in [0.25, 0.3) is 0 Å². The van der Waals surface area contributed by atoms with Gasteiger partial charge in [0, 0.05) is 13.5 Å². The molecule has 1 aromatic carbocycles. The summed E-state index contributed by atoms with van der Waals surface area (Å²) in [6, 6.07) is 4.69. The number of aliphatic carboxylic acids is 1. The molecule has 1 aliphatic rings. The minimum atomic E-state index is -0.883. The molecule has 0 saturated heterocycles. The highest BCUT2D eigenvalue weighted by Crippen LogP contribution is 2.34. The predicted octanol–water partition coefficient (Wildman–Crippen LogP) is 2.17. The van der Waals surface area contributed by atoms with Crippen LogP contribution in [-0.4, -0.2) is 23.8 Å². The molecule has 92 valence electrons. The Morgan fingerprint density at radius 1 is 1.53 bits per heavy atom. The quantitative estimate of drug-likeness (QED) is 0.877. The predicted molar refractivity (Wildman–Crippen MR) is 60.4 cm³/mol. The highest BCUT2D eigenvalue weighted by molar-refractivity contribution is 5.68. The SMILES string of the molecule is COC1(CC(=O)O)CCc2ccc(F)cc2C1. The number of carbonyl (C=O) groups is 1. The molecule has 0 bridgehead atoms. The van der Waals surface area contributed by atoms with E-state index >= 15 is 0 Å². The van der Waals surface area contributed by atoms with Crippen molar-refractivity contribution in [2.24, 2.45) is 0 Å². The van der Waals surface area contributed by atoms with Gasteiger partial charge in [0.15, 0.2) is 0 Å². The maximum Gasteiger partial charge on any atom is 0.306 e. The van der Waals surface area contributed by atoms with Gasteiger partial charge in [-0.1, -0.05) is 6.07 Å². The molecule has 0 saturated carbocycles. The van der Waals surface area contributed by atoms with E-state index in [0.717, 1.165) is 17.5 Å². The van der Waals surface area contributed by atoms with E-state index in [1.807, 2.05) is 0 Å². The molecule has 0 radical (unpaired) electrons. The minimum Gasteiger partial charge on any atom is -0.481 e. The number of ether oxygens (including phenoxy) is 1. The lowest BCUT2D eigenvalue weighted by Gasteiger charge is -2.35. The zero-order valence-corrected chi connectivity index (χ0v) is 9.70. The molecule has 17 heavy (non-hydrogen) atoms. The van der Waals surface area contributed by atoms with Crippen LogP contribution in [0.2, 0.25) is 0 Å². The number of methoxy groups -OCH3 is 1. The summed E-state index contributed by atoms with van der Waals surface area (Å²) in [7, 11) is 1.52. The Kier molecular flexibility index (Phi) is 3.15. The average Bonchev–Trinajstić information content (AvgIpc) is 2.27. The van der Waals surface area contributed by atoms with Gasteiger partial charge in [-0.3, -0.25) is 4.79 Å². The second-order valence-corrected chi connectivity index (χ2v) is 4.55. The molecule has 1 N–H and O–H groups in total. The second kappa shape index (κ2) is 4.45. The van der Waals surface area contributed by atoms with Crippen molar-refractivity contribution in [3.8, 4) is 0 Å². The third-order valence-corrected chi connectivity index (χ3v) is 3.44. The highest BCUT2D eigenvalue weighted by Gasteiger charge is 2.36. The third kappa shape index (κ3) is 2.47. The number of carboxylic acids is 1. The second-order valence-electron chi connectivity index (χ2n) is 4.55. The lowest BCUT2D eigenvalue weighted by Crippen LogP contribution is -2.40. The zero-order valence-electron chi connectivity index (χ0n) is 9.70. The molecule has 0 spiro atoms. The summed E-state index contributed by atoms with van der Waals surface area (Å²) < 4.78 is 18.5. The molecule has 1 unspecified atom stereocenters. The minimum absolute atomic E-state index is 0.0422. The Morgan fingerprint density at radius 3 is 2.94 bits per heavy atom. The Hall–Kier alpha value is -1.42. The molecule has 4 heteroatoms. The summed E-state index contributed by atoms with van der Waals surface area (Å²) in [6.45, 7) is 0. The van der Waals surface area contributed by atoms with Gasteiger partial charge in [-0.05, 0) is 36.1 Å². The zero-order chi connectivity index (χ0) is 12.5. The van der Waals surface area contributed by atoms with Gasteiger partial charge < -0.3 is 9.84 Å². The first kappa shape index (κ1) is 12.0. The number of rotatable bonds is 3. The van der Waals surface area contributed by atoms with E-state index in [4.69, 9.17) is 9.84 Å². The maximum absolute atomic E-state index is 13.2. The van der Waals surface area contributed by atoms with Crippen molar-refractivity contribution in [1.29, 1.82) is 0 Å². The number of benzene rings is 1. The van der Waals surface area contributed by atoms with Gasteiger partial charge in [0.05, 0.1) is 12.0 Å². The van der Waals surface area contributed by atoms with Crippen LogP contribution in [0.1, 0.15) is 24.0 Å². The van der Waals surface area contributed by atoms with Crippen LogP contribution in [0.4, 0.5) is 4.39 Å². The lowest BCUT2D eigenvalue weighted by molar-refractivity contribution is -0.144. The molecule has 0 aromatic heterocycles. The van der Waals surface area contributed by atoms with Crippen molar-refractivity contribution in [3.05, 3.63) is 35.1 Å². The first-order valence-corrected chi connectivity index (χ1v) is 5.59. The number of hydrogen-bond acceptors (Lipinski definition) is 2. The number of halogens is 1. The van der Waals surface area contributed by atoms with Gasteiger partial charge in [0.1, 0.15) is 5.82 Å². The lowest BCUT2D eigenvalue weighted by atomic mass is 9.78. The summed E-state index contributed by atoms with van der Waals surface area (Å²) >= 11 is 0. The van der Waals surface area contributed by atoms with E-state index in [1.54, 1.807) is 6.07 Å². The fourth-order valence-electron chi connectivity index (χ4n) is 2.47. The van der Waals surface area contributed by atoms with E-state index in [9.17, 15) is 9.18 Å². The molecule has 0 aliphatic heterocycles. The smallest absolute Gasteiger partial charge is 0.306 e. The summed E-state index contributed by atoms with van der Waals surface area (Å²) in [5.74, 6) is -1.17. The summed E-state index contributed by atoms with van der Waals surface area (Å²) in [5.41, 5.74) is 1.26. The fraction of sp³-hybridized carbons (Fsp3) is 0.462. The molecule has 0 amide bonds. The average molecular weight is 238 g/mol. The van der Waals surface area contributed by atoms with Crippen LogP contribution in [-0.2, 0) is 22.4 Å². The largest absolute Gasteiger partial charge is 0.481 e. The van der Waals surface area contributed by atoms with Gasteiger partial charge in [-0.2, -0.15) is 0 Å². The monoisotopic (exact) mass is 238 g/mol. The topological polar surface area (TPSA) is 46.5 Å². The Balaban J connectivity index is 2.28. The number of fused-ring (bicyclic) bond motifs is 1. The summed E-state index contributed by atoms with van der Waals surface area (Å²) in [4.78, 5) is 10.9. The Labute approximate surface area is 99.2 Å². The van der Waals surface area contributed by atoms with E-state index in [-0.39, 0.29) is 12.2 Å². The molecule has 2 rings (SSSR count). The molecule has 1 aliphatic carbocycles. The summed E-state index contributed by atoms with van der Waals surface area (Å²) in [5, 5.41) is 8.91. The van der Waals surface area contributed by atoms with Crippen LogP contribution in [0, 0.1) is 5.82 Å².